The molecule has 0 aliphatic carbocycles. The Morgan fingerprint density at radius 1 is 0.303 bits per heavy atom. The van der Waals surface area contributed by atoms with Crippen LogP contribution in [0, 0.1) is 0 Å². The summed E-state index contributed by atoms with van der Waals surface area (Å²) in [6, 6.07) is 0. The van der Waals surface area contributed by atoms with Crippen molar-refractivity contribution in [1.82, 2.24) is 0 Å². The highest BCUT2D eigenvalue weighted by Gasteiger charge is 2.19. The van der Waals surface area contributed by atoms with E-state index in [-0.39, 0.29) is 31.1 Å². The lowest BCUT2D eigenvalue weighted by Gasteiger charge is -2.18. The van der Waals surface area contributed by atoms with Gasteiger partial charge in [0.2, 0.25) is 0 Å². The first-order chi connectivity index (χ1) is 32.5. The van der Waals surface area contributed by atoms with Gasteiger partial charge in [-0.25, -0.2) is 0 Å². The fourth-order valence-electron chi connectivity index (χ4n) is 8.21. The molecule has 6 heteroatoms. The van der Waals surface area contributed by atoms with Crippen LogP contribution in [0.4, 0.5) is 0 Å². The zero-order chi connectivity index (χ0) is 47.9. The highest BCUT2D eigenvalue weighted by atomic mass is 16.6. The molecule has 0 aromatic carbocycles. The van der Waals surface area contributed by atoms with E-state index in [1.807, 2.05) is 0 Å². The molecule has 0 amide bonds. The Morgan fingerprint density at radius 3 is 0.848 bits per heavy atom. The van der Waals surface area contributed by atoms with Crippen LogP contribution >= 0.6 is 0 Å². The fourth-order valence-corrected chi connectivity index (χ4v) is 8.21. The minimum absolute atomic E-state index is 0.0786. The van der Waals surface area contributed by atoms with Crippen molar-refractivity contribution >= 4 is 17.9 Å². The molecule has 0 N–H and O–H groups in total. The average Bonchev–Trinajstić information content (AvgIpc) is 3.31. The molecule has 0 fully saturated rings. The normalized spacial score (nSPS) is 12.3. The highest BCUT2D eigenvalue weighted by Crippen LogP contribution is 2.16. The molecule has 0 saturated carbocycles. The second-order valence-corrected chi connectivity index (χ2v) is 19.2. The molecule has 0 aromatic rings. The van der Waals surface area contributed by atoms with Crippen molar-refractivity contribution < 1.29 is 28.6 Å². The van der Waals surface area contributed by atoms with E-state index >= 15 is 0 Å². The maximum atomic E-state index is 12.8. The molecule has 0 spiro atoms. The number of ether oxygens (including phenoxy) is 3. The van der Waals surface area contributed by atoms with Gasteiger partial charge in [0.25, 0.3) is 0 Å². The second-order valence-electron chi connectivity index (χ2n) is 19.2. The molecule has 384 valence electrons. The largest absolute Gasteiger partial charge is 0.462 e. The zero-order valence-electron chi connectivity index (χ0n) is 44.0. The predicted molar refractivity (Wildman–Crippen MR) is 284 cm³/mol. The molecular formula is C60H108O6. The summed E-state index contributed by atoms with van der Waals surface area (Å²) in [4.78, 5) is 38.1. The van der Waals surface area contributed by atoms with Gasteiger partial charge in [0.05, 0.1) is 0 Å². The van der Waals surface area contributed by atoms with Gasteiger partial charge in [-0.1, -0.05) is 243 Å². The van der Waals surface area contributed by atoms with Gasteiger partial charge in [0.15, 0.2) is 6.10 Å². The van der Waals surface area contributed by atoms with E-state index in [2.05, 4.69) is 69.4 Å². The maximum absolute atomic E-state index is 12.8. The lowest BCUT2D eigenvalue weighted by atomic mass is 10.0. The first-order valence-electron chi connectivity index (χ1n) is 28.6. The monoisotopic (exact) mass is 925 g/mol. The number of unbranched alkanes of at least 4 members (excludes halogenated alkanes) is 33. The van der Waals surface area contributed by atoms with Gasteiger partial charge in [-0.05, 0) is 83.5 Å². The van der Waals surface area contributed by atoms with Crippen molar-refractivity contribution in [3.05, 3.63) is 48.6 Å². The van der Waals surface area contributed by atoms with Crippen LogP contribution in [0.5, 0.6) is 0 Å². The Kier molecular flexibility index (Phi) is 52.8. The number of carbonyl (C=O) groups excluding carboxylic acids is 3. The highest BCUT2D eigenvalue weighted by molar-refractivity contribution is 5.71. The van der Waals surface area contributed by atoms with Crippen molar-refractivity contribution in [2.45, 2.75) is 303 Å². The summed E-state index contributed by atoms with van der Waals surface area (Å²) >= 11 is 0. The van der Waals surface area contributed by atoms with Gasteiger partial charge in [-0.15, -0.1) is 0 Å². The molecular weight excluding hydrogens is 817 g/mol. The summed E-state index contributed by atoms with van der Waals surface area (Å²) in [5, 5.41) is 0. The van der Waals surface area contributed by atoms with E-state index in [4.69, 9.17) is 14.2 Å². The summed E-state index contributed by atoms with van der Waals surface area (Å²) in [6.07, 6.45) is 66.6. The third-order valence-electron chi connectivity index (χ3n) is 12.6. The van der Waals surface area contributed by atoms with Crippen LogP contribution in [0.25, 0.3) is 0 Å². The van der Waals surface area contributed by atoms with E-state index in [1.54, 1.807) is 0 Å². The zero-order valence-corrected chi connectivity index (χ0v) is 44.0. The molecule has 0 rings (SSSR count). The van der Waals surface area contributed by atoms with Gasteiger partial charge in [-0.2, -0.15) is 0 Å². The molecule has 1 unspecified atom stereocenters. The smallest absolute Gasteiger partial charge is 0.306 e. The molecule has 1 atom stereocenters. The molecule has 0 radical (unpaired) electrons. The van der Waals surface area contributed by atoms with Crippen molar-refractivity contribution in [3.63, 3.8) is 0 Å². The number of rotatable bonds is 52. The second kappa shape index (κ2) is 55.0. The first-order valence-corrected chi connectivity index (χ1v) is 28.6. The number of allylic oxidation sites excluding steroid dienone is 8. The topological polar surface area (TPSA) is 78.9 Å². The molecule has 6 nitrogen and oxygen atoms in total. The molecule has 0 aromatic heterocycles. The van der Waals surface area contributed by atoms with Crippen molar-refractivity contribution in [3.8, 4) is 0 Å². The van der Waals surface area contributed by atoms with Gasteiger partial charge >= 0.3 is 17.9 Å². The third-order valence-corrected chi connectivity index (χ3v) is 12.6. The van der Waals surface area contributed by atoms with Crippen LogP contribution in [-0.2, 0) is 28.6 Å². The van der Waals surface area contributed by atoms with Crippen molar-refractivity contribution in [1.29, 1.82) is 0 Å². The predicted octanol–water partition coefficient (Wildman–Crippen LogP) is 19.0. The minimum Gasteiger partial charge on any atom is -0.462 e. The molecule has 0 aliphatic rings. The summed E-state index contributed by atoms with van der Waals surface area (Å²) in [5.74, 6) is -0.887. The van der Waals surface area contributed by atoms with Crippen LogP contribution in [0.3, 0.4) is 0 Å². The van der Waals surface area contributed by atoms with Crippen LogP contribution in [-0.4, -0.2) is 37.2 Å². The van der Waals surface area contributed by atoms with Gasteiger partial charge in [0, 0.05) is 19.3 Å². The number of esters is 3. The van der Waals surface area contributed by atoms with E-state index in [1.165, 1.54) is 161 Å². The van der Waals surface area contributed by atoms with Crippen molar-refractivity contribution in [2.24, 2.45) is 0 Å². The SMILES string of the molecule is CCCCCC/C=C\C/C=C\CCCCCCCCCC(=O)OCC(COC(=O)CCCCCCCCCCCCCCCC)OC(=O)CCCCCCC/C=C\C/C=C\CCCCCC. The van der Waals surface area contributed by atoms with E-state index in [0.717, 1.165) is 96.3 Å². The Bertz CT molecular complexity index is 1150. The Labute approximate surface area is 409 Å². The first kappa shape index (κ1) is 63.4. The summed E-state index contributed by atoms with van der Waals surface area (Å²) in [7, 11) is 0. The van der Waals surface area contributed by atoms with E-state index in [9.17, 15) is 14.4 Å². The van der Waals surface area contributed by atoms with Crippen LogP contribution in [0.15, 0.2) is 48.6 Å². The molecule has 0 aliphatic heterocycles. The number of carbonyl (C=O) groups is 3. The lowest BCUT2D eigenvalue weighted by Crippen LogP contribution is -2.30. The number of hydrogen-bond acceptors (Lipinski definition) is 6. The molecule has 0 saturated heterocycles. The van der Waals surface area contributed by atoms with Gasteiger partial charge < -0.3 is 14.2 Å². The summed E-state index contributed by atoms with van der Waals surface area (Å²) < 4.78 is 16.9. The molecule has 0 bridgehead atoms. The fraction of sp³-hybridized carbons (Fsp3) is 0.817. The van der Waals surface area contributed by atoms with Crippen LogP contribution in [0.2, 0.25) is 0 Å². The average molecular weight is 926 g/mol. The molecule has 0 heterocycles. The van der Waals surface area contributed by atoms with Gasteiger partial charge in [0.1, 0.15) is 13.2 Å². The lowest BCUT2D eigenvalue weighted by molar-refractivity contribution is -0.167. The number of hydrogen-bond donors (Lipinski definition) is 0. The van der Waals surface area contributed by atoms with Crippen LogP contribution < -0.4 is 0 Å². The van der Waals surface area contributed by atoms with Crippen molar-refractivity contribution in [2.75, 3.05) is 13.2 Å². The Hall–Kier alpha value is -2.63. The minimum atomic E-state index is -0.781. The van der Waals surface area contributed by atoms with Gasteiger partial charge in [-0.3, -0.25) is 14.4 Å². The summed E-state index contributed by atoms with van der Waals surface area (Å²) in [6.45, 7) is 6.62. The maximum Gasteiger partial charge on any atom is 0.306 e. The van der Waals surface area contributed by atoms with E-state index < -0.39 is 6.10 Å². The standard InChI is InChI=1S/C60H108O6/c1-4-7-10-13-16-19-22-25-28-30-31-33-35-38-41-44-47-50-53-59(62)65-56-57(55-64-58(61)52-49-46-43-40-37-34-27-24-21-18-15-12-9-6-3)66-60(63)54-51-48-45-42-39-36-32-29-26-23-20-17-14-11-8-5-2/h19-20,22-23,28-30,32,57H,4-18,21,24-27,31,33-56H2,1-3H3/b22-19-,23-20-,30-28-,32-29-. The Balaban J connectivity index is 4.39. The van der Waals surface area contributed by atoms with E-state index in [0.29, 0.717) is 19.3 Å². The Morgan fingerprint density at radius 2 is 0.545 bits per heavy atom. The quantitative estimate of drug-likeness (QED) is 0.0262. The van der Waals surface area contributed by atoms with Crippen LogP contribution in [0.1, 0.15) is 297 Å². The third kappa shape index (κ3) is 52.3. The molecule has 66 heavy (non-hydrogen) atoms. The summed E-state index contributed by atoms with van der Waals surface area (Å²) in [5.41, 5.74) is 0.